The average molecular weight is 545 g/mol. The molecule has 10 heteroatoms. The van der Waals surface area contributed by atoms with Gasteiger partial charge in [-0.2, -0.15) is 0 Å². The van der Waals surface area contributed by atoms with Crippen LogP contribution >= 0.6 is 0 Å². The maximum Gasteiger partial charge on any atom is 0.331 e. The summed E-state index contributed by atoms with van der Waals surface area (Å²) in [6, 6.07) is 0. The molecule has 3 fully saturated rings. The molecule has 2 aliphatic carbocycles. The Labute approximate surface area is 227 Å². The van der Waals surface area contributed by atoms with E-state index >= 15 is 0 Å². The summed E-state index contributed by atoms with van der Waals surface area (Å²) < 4.78 is 29.9. The van der Waals surface area contributed by atoms with Crippen LogP contribution in [0.25, 0.3) is 0 Å². The largest absolute Gasteiger partial charge is 0.462 e. The molecule has 0 aromatic rings. The van der Waals surface area contributed by atoms with E-state index in [-0.39, 0.29) is 31.5 Å². The van der Waals surface area contributed by atoms with E-state index in [2.05, 4.69) is 0 Å². The monoisotopic (exact) mass is 544 g/mol. The van der Waals surface area contributed by atoms with E-state index in [0.717, 1.165) is 0 Å². The van der Waals surface area contributed by atoms with E-state index in [9.17, 15) is 24.6 Å². The summed E-state index contributed by atoms with van der Waals surface area (Å²) in [5, 5.41) is 20.6. The Morgan fingerprint density at radius 3 is 2.51 bits per heavy atom. The molecule has 0 aromatic heterocycles. The topological polar surface area (TPSA) is 141 Å². The van der Waals surface area contributed by atoms with Crippen LogP contribution in [0, 0.1) is 10.8 Å². The first-order chi connectivity index (χ1) is 18.4. The molecular formula is C29H36O10. The second kappa shape index (κ2) is 10.1. The number of aliphatic hydroxyl groups is 2. The van der Waals surface area contributed by atoms with Gasteiger partial charge in [-0.05, 0) is 38.0 Å². The first-order valence-corrected chi connectivity index (χ1v) is 13.3. The van der Waals surface area contributed by atoms with Crippen LogP contribution in [0.5, 0.6) is 0 Å². The Morgan fingerprint density at radius 1 is 1.08 bits per heavy atom. The number of cyclic esters (lactones) is 1. The third-order valence-electron chi connectivity index (χ3n) is 9.30. The molecule has 1 saturated carbocycles. The van der Waals surface area contributed by atoms with Gasteiger partial charge in [0.15, 0.2) is 5.78 Å². The van der Waals surface area contributed by atoms with E-state index in [4.69, 9.17) is 23.7 Å². The molecule has 9 atom stereocenters. The molecule has 3 aliphatic heterocycles. The lowest BCUT2D eigenvalue weighted by Crippen LogP contribution is -2.67. The highest BCUT2D eigenvalue weighted by Gasteiger charge is 2.83. The predicted molar refractivity (Wildman–Crippen MR) is 136 cm³/mol. The second-order valence-electron chi connectivity index (χ2n) is 11.5. The molecule has 0 amide bonds. The summed E-state index contributed by atoms with van der Waals surface area (Å²) in [6.07, 6.45) is 4.92. The number of ether oxygens (including phenoxy) is 5. The Morgan fingerprint density at radius 2 is 1.82 bits per heavy atom. The highest BCUT2D eigenvalue weighted by Crippen LogP contribution is 2.71. The minimum atomic E-state index is -1.12. The van der Waals surface area contributed by atoms with Gasteiger partial charge in [0.1, 0.15) is 24.4 Å². The minimum absolute atomic E-state index is 0.0358. The Kier molecular flexibility index (Phi) is 7.22. The van der Waals surface area contributed by atoms with Crippen LogP contribution in [0.15, 0.2) is 47.6 Å². The average Bonchev–Trinajstić information content (AvgIpc) is 3.65. The van der Waals surface area contributed by atoms with Gasteiger partial charge in [-0.3, -0.25) is 4.79 Å². The zero-order valence-corrected chi connectivity index (χ0v) is 22.6. The zero-order chi connectivity index (χ0) is 28.2. The van der Waals surface area contributed by atoms with E-state index in [1.807, 2.05) is 6.92 Å². The van der Waals surface area contributed by atoms with Gasteiger partial charge in [0, 0.05) is 25.0 Å². The number of ketones is 1. The number of Topliss-reactive ketones (excluding diaryl/α,β-unsaturated/α-hetero) is 1. The van der Waals surface area contributed by atoms with Crippen molar-refractivity contribution in [1.29, 1.82) is 0 Å². The van der Waals surface area contributed by atoms with Crippen molar-refractivity contribution >= 4 is 17.7 Å². The summed E-state index contributed by atoms with van der Waals surface area (Å²) in [4.78, 5) is 39.0. The van der Waals surface area contributed by atoms with Crippen LogP contribution in [0.4, 0.5) is 0 Å². The molecule has 2 N–H and O–H groups in total. The van der Waals surface area contributed by atoms with Crippen molar-refractivity contribution in [2.45, 2.75) is 82.8 Å². The summed E-state index contributed by atoms with van der Waals surface area (Å²) in [5.41, 5.74) is -1.82. The number of hydrogen-bond donors (Lipinski definition) is 2. The lowest BCUT2D eigenvalue weighted by molar-refractivity contribution is -0.230. The quantitative estimate of drug-likeness (QED) is 0.368. The molecule has 0 radical (unpaired) electrons. The van der Waals surface area contributed by atoms with Gasteiger partial charge in [-0.15, -0.1) is 0 Å². The van der Waals surface area contributed by atoms with E-state index in [1.165, 1.54) is 25.2 Å². The summed E-state index contributed by atoms with van der Waals surface area (Å²) in [5.74, 6) is -1.38. The number of hydrogen-bond acceptors (Lipinski definition) is 10. The van der Waals surface area contributed by atoms with Gasteiger partial charge in [0.25, 0.3) is 0 Å². The fourth-order valence-electron chi connectivity index (χ4n) is 6.68. The molecule has 212 valence electrons. The number of aliphatic hydroxyl groups excluding tert-OH is 2. The molecule has 5 aliphatic rings. The smallest absolute Gasteiger partial charge is 0.331 e. The molecular weight excluding hydrogens is 508 g/mol. The number of rotatable bonds is 1. The first-order valence-electron chi connectivity index (χ1n) is 13.3. The predicted octanol–water partition coefficient (Wildman–Crippen LogP) is 1.49. The lowest BCUT2D eigenvalue weighted by atomic mass is 9.51. The van der Waals surface area contributed by atoms with Gasteiger partial charge in [0.2, 0.25) is 0 Å². The Hall–Kier alpha value is -2.63. The molecule has 2 spiro atoms. The SMILES string of the molecule is CC1=C[C@H]2O[C@@H]3C[C@H]4OC(=O)/C=C\C=C\[C@H]([C@H](C)O)OCC(O)/C(C)=C/C(=O)OC[C@@]2(CC1=O)[C@]4(C)C31CO1. The molecule has 3 heterocycles. The van der Waals surface area contributed by atoms with Gasteiger partial charge >= 0.3 is 11.9 Å². The molecule has 10 nitrogen and oxygen atoms in total. The molecule has 2 bridgehead atoms. The van der Waals surface area contributed by atoms with Gasteiger partial charge in [0.05, 0.1) is 48.5 Å². The van der Waals surface area contributed by atoms with Crippen molar-refractivity contribution in [3.8, 4) is 0 Å². The lowest BCUT2D eigenvalue weighted by Gasteiger charge is -2.57. The summed E-state index contributed by atoms with van der Waals surface area (Å²) >= 11 is 0. The van der Waals surface area contributed by atoms with Gasteiger partial charge in [-0.1, -0.05) is 25.2 Å². The zero-order valence-electron chi connectivity index (χ0n) is 22.6. The fraction of sp³-hybridized carbons (Fsp3) is 0.621. The summed E-state index contributed by atoms with van der Waals surface area (Å²) in [7, 11) is 0. The van der Waals surface area contributed by atoms with Crippen LogP contribution in [-0.4, -0.2) is 90.0 Å². The highest BCUT2D eigenvalue weighted by atomic mass is 16.6. The van der Waals surface area contributed by atoms with Crippen molar-refractivity contribution < 1.29 is 48.3 Å². The number of carbonyl (C=O) groups excluding carboxylic acids is 3. The molecule has 39 heavy (non-hydrogen) atoms. The normalized spacial score (nSPS) is 46.4. The molecule has 5 rings (SSSR count). The maximum atomic E-state index is 13.1. The first kappa shape index (κ1) is 27.9. The van der Waals surface area contributed by atoms with Crippen molar-refractivity contribution in [1.82, 2.24) is 0 Å². The van der Waals surface area contributed by atoms with Crippen molar-refractivity contribution in [2.24, 2.45) is 10.8 Å². The molecule has 0 aromatic carbocycles. The third kappa shape index (κ3) is 4.52. The maximum absolute atomic E-state index is 13.1. The number of allylic oxidation sites excluding steroid dienone is 3. The van der Waals surface area contributed by atoms with Crippen molar-refractivity contribution in [2.75, 3.05) is 19.8 Å². The number of epoxide rings is 1. The second-order valence-corrected chi connectivity index (χ2v) is 11.5. The number of esters is 2. The minimum Gasteiger partial charge on any atom is -0.462 e. The van der Waals surface area contributed by atoms with Crippen LogP contribution in [-0.2, 0) is 38.1 Å². The Bertz CT molecular complexity index is 1160. The van der Waals surface area contributed by atoms with Crippen LogP contribution in [0.2, 0.25) is 0 Å². The standard InChI is InChI=1S/C29H36O10/c1-16-9-23-28(12-19(16)31)14-36-26(34)10-17(2)20(32)13-35-21(18(3)30)7-5-6-8-25(33)39-22-11-24(38-23)29(15-37-29)27(22,28)4/h5-10,18,20-24,30,32H,11-15H2,1-4H3/b7-5+,8-6-,17-10+/t18-,20?,21+,22+,23+,24+,27+,28+,29?/m0/s1. The van der Waals surface area contributed by atoms with E-state index in [0.29, 0.717) is 24.2 Å². The fourth-order valence-corrected chi connectivity index (χ4v) is 6.68. The number of carbonyl (C=O) groups is 3. The summed E-state index contributed by atoms with van der Waals surface area (Å²) in [6.45, 7) is 6.83. The van der Waals surface area contributed by atoms with Crippen LogP contribution < -0.4 is 0 Å². The highest BCUT2D eigenvalue weighted by molar-refractivity contribution is 5.96. The van der Waals surface area contributed by atoms with Gasteiger partial charge < -0.3 is 33.9 Å². The van der Waals surface area contributed by atoms with Crippen LogP contribution in [0.3, 0.4) is 0 Å². The van der Waals surface area contributed by atoms with Gasteiger partial charge in [-0.25, -0.2) is 9.59 Å². The van der Waals surface area contributed by atoms with E-state index in [1.54, 1.807) is 32.1 Å². The van der Waals surface area contributed by atoms with E-state index < -0.39 is 58.9 Å². The van der Waals surface area contributed by atoms with Crippen molar-refractivity contribution in [3.63, 3.8) is 0 Å². The molecule has 2 unspecified atom stereocenters. The third-order valence-corrected chi connectivity index (χ3v) is 9.30. The van der Waals surface area contributed by atoms with Crippen LogP contribution in [0.1, 0.15) is 40.5 Å². The molecule has 2 saturated heterocycles. The van der Waals surface area contributed by atoms with Crippen molar-refractivity contribution in [3.05, 3.63) is 47.6 Å². The Balaban J connectivity index is 1.55.